The van der Waals surface area contributed by atoms with Gasteiger partial charge < -0.3 is 15.5 Å². The second-order valence-electron chi connectivity index (χ2n) is 5.76. The molecule has 0 saturated heterocycles. The number of halogens is 1. The lowest BCUT2D eigenvalue weighted by Crippen LogP contribution is -2.35. The predicted octanol–water partition coefficient (Wildman–Crippen LogP) is 3.15. The van der Waals surface area contributed by atoms with E-state index in [2.05, 4.69) is 10.6 Å². The van der Waals surface area contributed by atoms with Gasteiger partial charge in [0.1, 0.15) is 5.69 Å². The highest BCUT2D eigenvalue weighted by atomic mass is 35.5. The second-order valence-corrected chi connectivity index (χ2v) is 6.20. The largest absolute Gasteiger partial charge is 0.379 e. The molecular formula is C18H19ClN4O4. The Kier molecular flexibility index (Phi) is 7.13. The molecule has 0 aliphatic carbocycles. The summed E-state index contributed by atoms with van der Waals surface area (Å²) in [5, 5.41) is 17.0. The fourth-order valence-corrected chi connectivity index (χ4v) is 2.54. The number of hydrogen-bond acceptors (Lipinski definition) is 5. The van der Waals surface area contributed by atoms with Crippen LogP contribution in [0.15, 0.2) is 48.5 Å². The molecule has 0 heterocycles. The van der Waals surface area contributed by atoms with Crippen molar-refractivity contribution in [2.75, 3.05) is 30.8 Å². The summed E-state index contributed by atoms with van der Waals surface area (Å²) in [4.78, 5) is 35.9. The van der Waals surface area contributed by atoms with Gasteiger partial charge >= 0.3 is 0 Å². The molecular weight excluding hydrogens is 372 g/mol. The Balaban J connectivity index is 1.80. The van der Waals surface area contributed by atoms with Crippen molar-refractivity contribution in [2.45, 2.75) is 6.42 Å². The van der Waals surface area contributed by atoms with Crippen LogP contribution in [0.2, 0.25) is 5.02 Å². The second kappa shape index (κ2) is 9.54. The smallest absolute Gasteiger partial charge is 0.292 e. The van der Waals surface area contributed by atoms with Crippen molar-refractivity contribution in [1.82, 2.24) is 4.90 Å². The van der Waals surface area contributed by atoms with E-state index >= 15 is 0 Å². The molecule has 0 fully saturated rings. The highest BCUT2D eigenvalue weighted by molar-refractivity contribution is 6.30. The van der Waals surface area contributed by atoms with Gasteiger partial charge in [-0.3, -0.25) is 19.7 Å². The van der Waals surface area contributed by atoms with E-state index in [4.69, 9.17) is 11.6 Å². The molecule has 27 heavy (non-hydrogen) atoms. The first-order valence-electron chi connectivity index (χ1n) is 8.13. The maximum absolute atomic E-state index is 12.1. The first-order valence-corrected chi connectivity index (χ1v) is 8.51. The molecule has 0 spiro atoms. The molecule has 8 nitrogen and oxygen atoms in total. The monoisotopic (exact) mass is 390 g/mol. The third-order valence-corrected chi connectivity index (χ3v) is 3.91. The topological polar surface area (TPSA) is 105 Å². The van der Waals surface area contributed by atoms with Crippen LogP contribution in [0.3, 0.4) is 0 Å². The Morgan fingerprint density at radius 1 is 1.19 bits per heavy atom. The molecule has 2 aromatic carbocycles. The SMILES string of the molecule is CN(CC(=O)Nc1cccc(Cl)c1)C(=O)CCNc1ccccc1[N+](=O)[O-]. The Morgan fingerprint density at radius 3 is 2.63 bits per heavy atom. The van der Waals surface area contributed by atoms with Crippen LogP contribution >= 0.6 is 11.6 Å². The van der Waals surface area contributed by atoms with Gasteiger partial charge in [0.15, 0.2) is 0 Å². The van der Waals surface area contributed by atoms with Gasteiger partial charge in [-0.25, -0.2) is 0 Å². The molecule has 0 aliphatic heterocycles. The Morgan fingerprint density at radius 2 is 1.93 bits per heavy atom. The van der Waals surface area contributed by atoms with E-state index in [0.29, 0.717) is 16.4 Å². The third-order valence-electron chi connectivity index (χ3n) is 3.67. The van der Waals surface area contributed by atoms with Crippen LogP contribution in [0, 0.1) is 10.1 Å². The van der Waals surface area contributed by atoms with Crippen LogP contribution in [0.25, 0.3) is 0 Å². The van der Waals surface area contributed by atoms with Crippen molar-refractivity contribution in [3.8, 4) is 0 Å². The molecule has 0 aliphatic rings. The summed E-state index contributed by atoms with van der Waals surface area (Å²) in [6.45, 7) is 0.0980. The minimum atomic E-state index is -0.490. The maximum atomic E-state index is 12.1. The van der Waals surface area contributed by atoms with Gasteiger partial charge in [0.2, 0.25) is 11.8 Å². The molecule has 142 valence electrons. The summed E-state index contributed by atoms with van der Waals surface area (Å²) in [5.41, 5.74) is 0.835. The Bertz CT molecular complexity index is 844. The molecule has 0 atom stereocenters. The average molecular weight is 391 g/mol. The Hall–Kier alpha value is -3.13. The van der Waals surface area contributed by atoms with Crippen LogP contribution in [-0.4, -0.2) is 41.8 Å². The van der Waals surface area contributed by atoms with Gasteiger partial charge in [-0.1, -0.05) is 29.8 Å². The molecule has 2 N–H and O–H groups in total. The highest BCUT2D eigenvalue weighted by Crippen LogP contribution is 2.22. The number of anilines is 2. The van der Waals surface area contributed by atoms with Gasteiger partial charge in [-0.15, -0.1) is 0 Å². The van der Waals surface area contributed by atoms with E-state index in [1.807, 2.05) is 0 Å². The number of likely N-dealkylation sites (N-methyl/N-ethyl adjacent to an activating group) is 1. The maximum Gasteiger partial charge on any atom is 0.292 e. The minimum Gasteiger partial charge on any atom is -0.379 e. The molecule has 0 aromatic heterocycles. The fraction of sp³-hybridized carbons (Fsp3) is 0.222. The van der Waals surface area contributed by atoms with Crippen molar-refractivity contribution in [3.05, 3.63) is 63.7 Å². The number of para-hydroxylation sites is 2. The van der Waals surface area contributed by atoms with E-state index < -0.39 is 4.92 Å². The van der Waals surface area contributed by atoms with Crippen LogP contribution < -0.4 is 10.6 Å². The standard InChI is InChI=1S/C18H19ClN4O4/c1-22(12-17(24)21-14-6-4-5-13(19)11-14)18(25)9-10-20-15-7-2-3-8-16(15)23(26)27/h2-8,11,20H,9-10,12H2,1H3,(H,21,24). The van der Waals surface area contributed by atoms with Crippen molar-refractivity contribution in [2.24, 2.45) is 0 Å². The zero-order valence-corrected chi connectivity index (χ0v) is 15.4. The van der Waals surface area contributed by atoms with Crippen molar-refractivity contribution < 1.29 is 14.5 Å². The highest BCUT2D eigenvalue weighted by Gasteiger charge is 2.15. The summed E-state index contributed by atoms with van der Waals surface area (Å²) < 4.78 is 0. The molecule has 2 rings (SSSR count). The van der Waals surface area contributed by atoms with Crippen LogP contribution in [-0.2, 0) is 9.59 Å². The average Bonchev–Trinajstić information content (AvgIpc) is 2.61. The summed E-state index contributed by atoms with van der Waals surface area (Å²) in [6.07, 6.45) is 0.0903. The van der Waals surface area contributed by atoms with Gasteiger partial charge in [-0.2, -0.15) is 0 Å². The fourth-order valence-electron chi connectivity index (χ4n) is 2.35. The first-order chi connectivity index (χ1) is 12.9. The van der Waals surface area contributed by atoms with Gasteiger partial charge in [0.25, 0.3) is 5.69 Å². The van der Waals surface area contributed by atoms with Crippen LogP contribution in [0.5, 0.6) is 0 Å². The number of rotatable bonds is 8. The number of amides is 2. The number of carbonyl (C=O) groups excluding carboxylic acids is 2. The van der Waals surface area contributed by atoms with E-state index in [1.165, 1.54) is 18.0 Å². The number of nitrogens with one attached hydrogen (secondary N) is 2. The molecule has 0 bridgehead atoms. The zero-order valence-electron chi connectivity index (χ0n) is 14.6. The molecule has 0 saturated carbocycles. The van der Waals surface area contributed by atoms with E-state index in [0.717, 1.165) is 0 Å². The van der Waals surface area contributed by atoms with E-state index in [-0.39, 0.29) is 37.0 Å². The predicted molar refractivity (Wildman–Crippen MR) is 104 cm³/mol. The first kappa shape index (κ1) is 20.2. The minimum absolute atomic E-state index is 0.0563. The van der Waals surface area contributed by atoms with Crippen molar-refractivity contribution >= 4 is 40.5 Å². The van der Waals surface area contributed by atoms with Gasteiger partial charge in [0.05, 0.1) is 11.5 Å². The summed E-state index contributed by atoms with van der Waals surface area (Å²) in [6, 6.07) is 12.9. The van der Waals surface area contributed by atoms with Gasteiger partial charge in [0, 0.05) is 36.8 Å². The Labute approximate surface area is 161 Å². The van der Waals surface area contributed by atoms with Crippen LogP contribution in [0.1, 0.15) is 6.42 Å². The number of nitro groups is 1. The summed E-state index contributed by atoms with van der Waals surface area (Å²) in [5.74, 6) is -0.609. The third kappa shape index (κ3) is 6.27. The number of nitro benzene ring substituents is 1. The summed E-state index contributed by atoms with van der Waals surface area (Å²) >= 11 is 5.86. The molecule has 2 amide bonds. The lowest BCUT2D eigenvalue weighted by atomic mass is 10.2. The zero-order chi connectivity index (χ0) is 19.8. The number of nitrogens with zero attached hydrogens (tertiary/aromatic N) is 2. The molecule has 2 aromatic rings. The quantitative estimate of drug-likeness (QED) is 0.532. The molecule has 0 unspecified atom stereocenters. The number of hydrogen-bond donors (Lipinski definition) is 2. The number of benzene rings is 2. The van der Waals surface area contributed by atoms with E-state index in [1.54, 1.807) is 42.5 Å². The van der Waals surface area contributed by atoms with Crippen molar-refractivity contribution in [3.63, 3.8) is 0 Å². The number of carbonyl (C=O) groups is 2. The molecule has 0 radical (unpaired) electrons. The van der Waals surface area contributed by atoms with Crippen molar-refractivity contribution in [1.29, 1.82) is 0 Å². The van der Waals surface area contributed by atoms with E-state index in [9.17, 15) is 19.7 Å². The summed E-state index contributed by atoms with van der Waals surface area (Å²) in [7, 11) is 1.52. The lowest BCUT2D eigenvalue weighted by molar-refractivity contribution is -0.384. The van der Waals surface area contributed by atoms with Gasteiger partial charge in [-0.05, 0) is 24.3 Å². The molecule has 9 heteroatoms. The normalized spacial score (nSPS) is 10.1. The lowest BCUT2D eigenvalue weighted by Gasteiger charge is -2.17. The van der Waals surface area contributed by atoms with Crippen LogP contribution in [0.4, 0.5) is 17.1 Å².